The molecule has 2 fully saturated rings. The van der Waals surface area contributed by atoms with Gasteiger partial charge in [-0.15, -0.1) is 0 Å². The van der Waals surface area contributed by atoms with E-state index in [4.69, 9.17) is 10.5 Å². The van der Waals surface area contributed by atoms with Crippen LogP contribution in [0.2, 0.25) is 0 Å². The zero-order valence-electron chi connectivity index (χ0n) is 10.6. The molecule has 0 aliphatic carbocycles. The average Bonchev–Trinajstić information content (AvgIpc) is 2.67. The van der Waals surface area contributed by atoms with Crippen molar-refractivity contribution in [3.05, 3.63) is 36.1 Å². The molecule has 2 aliphatic rings. The van der Waals surface area contributed by atoms with Gasteiger partial charge in [0.2, 0.25) is 0 Å². The maximum atomic E-state index is 5.99. The molecular weight excluding hydrogens is 212 g/mol. The van der Waals surface area contributed by atoms with E-state index in [0.717, 1.165) is 30.9 Å². The SMILES string of the molecule is C=C/C=C(CN1CC2CCC(C1)O2)\C(N)=C/C. The molecule has 2 bridgehead atoms. The Balaban J connectivity index is 1.99. The van der Waals surface area contributed by atoms with Crippen LogP contribution >= 0.6 is 0 Å². The van der Waals surface area contributed by atoms with E-state index in [1.165, 1.54) is 12.8 Å². The Hall–Kier alpha value is -1.06. The van der Waals surface area contributed by atoms with Crippen molar-refractivity contribution in [3.63, 3.8) is 0 Å². The first-order chi connectivity index (χ1) is 8.22. The van der Waals surface area contributed by atoms with Crippen molar-refractivity contribution in [1.29, 1.82) is 0 Å². The Morgan fingerprint density at radius 1 is 1.41 bits per heavy atom. The molecular formula is C14H22N2O. The summed E-state index contributed by atoms with van der Waals surface area (Å²) in [7, 11) is 0. The second kappa shape index (κ2) is 5.52. The van der Waals surface area contributed by atoms with Crippen molar-refractivity contribution in [2.45, 2.75) is 32.0 Å². The molecule has 2 unspecified atom stereocenters. The monoisotopic (exact) mass is 234 g/mol. The van der Waals surface area contributed by atoms with Crippen LogP contribution in [0, 0.1) is 0 Å². The lowest BCUT2D eigenvalue weighted by atomic mass is 10.1. The summed E-state index contributed by atoms with van der Waals surface area (Å²) in [6.45, 7) is 8.68. The average molecular weight is 234 g/mol. The van der Waals surface area contributed by atoms with Crippen LogP contribution in [-0.2, 0) is 4.74 Å². The van der Waals surface area contributed by atoms with Crippen LogP contribution in [0.4, 0.5) is 0 Å². The number of hydrogen-bond acceptors (Lipinski definition) is 3. The third-order valence-corrected chi connectivity index (χ3v) is 3.51. The fraction of sp³-hybridized carbons (Fsp3) is 0.571. The van der Waals surface area contributed by atoms with Gasteiger partial charge in [0.1, 0.15) is 0 Å². The van der Waals surface area contributed by atoms with Crippen molar-refractivity contribution < 1.29 is 4.74 Å². The predicted molar refractivity (Wildman–Crippen MR) is 70.6 cm³/mol. The minimum atomic E-state index is 0.436. The lowest BCUT2D eigenvalue weighted by molar-refractivity contribution is -0.0350. The van der Waals surface area contributed by atoms with E-state index < -0.39 is 0 Å². The summed E-state index contributed by atoms with van der Waals surface area (Å²) in [6, 6.07) is 0. The molecule has 2 heterocycles. The number of allylic oxidation sites excluding steroid dienone is 3. The lowest BCUT2D eigenvalue weighted by Gasteiger charge is -2.32. The van der Waals surface area contributed by atoms with Gasteiger partial charge >= 0.3 is 0 Å². The molecule has 0 radical (unpaired) electrons. The normalized spacial score (nSPS) is 30.6. The number of fused-ring (bicyclic) bond motifs is 2. The summed E-state index contributed by atoms with van der Waals surface area (Å²) < 4.78 is 5.83. The van der Waals surface area contributed by atoms with Gasteiger partial charge in [-0.1, -0.05) is 24.8 Å². The Morgan fingerprint density at radius 2 is 2.06 bits per heavy atom. The number of rotatable bonds is 4. The first kappa shape index (κ1) is 12.4. The summed E-state index contributed by atoms with van der Waals surface area (Å²) in [5.41, 5.74) is 8.00. The number of nitrogens with zero attached hydrogens (tertiary/aromatic N) is 1. The van der Waals surface area contributed by atoms with Gasteiger partial charge in [-0.3, -0.25) is 4.90 Å². The maximum absolute atomic E-state index is 5.99. The summed E-state index contributed by atoms with van der Waals surface area (Å²) in [6.07, 6.45) is 9.05. The molecule has 2 N–H and O–H groups in total. The Morgan fingerprint density at radius 3 is 2.59 bits per heavy atom. The zero-order chi connectivity index (χ0) is 12.3. The van der Waals surface area contributed by atoms with Crippen LogP contribution in [0.3, 0.4) is 0 Å². The van der Waals surface area contributed by atoms with Crippen LogP contribution in [0.15, 0.2) is 36.1 Å². The van der Waals surface area contributed by atoms with Gasteiger partial charge in [-0.25, -0.2) is 0 Å². The molecule has 2 aliphatic heterocycles. The Bertz CT molecular complexity index is 334. The second-order valence-corrected chi connectivity index (χ2v) is 4.82. The van der Waals surface area contributed by atoms with Crippen molar-refractivity contribution in [2.24, 2.45) is 5.73 Å². The highest BCUT2D eigenvalue weighted by Crippen LogP contribution is 2.26. The van der Waals surface area contributed by atoms with Crippen LogP contribution in [-0.4, -0.2) is 36.7 Å². The van der Waals surface area contributed by atoms with E-state index in [1.54, 1.807) is 6.08 Å². The molecule has 0 aromatic heterocycles. The smallest absolute Gasteiger partial charge is 0.0707 e. The molecule has 17 heavy (non-hydrogen) atoms. The predicted octanol–water partition coefficient (Wildman–Crippen LogP) is 1.82. The second-order valence-electron chi connectivity index (χ2n) is 4.82. The number of likely N-dealkylation sites (tertiary alicyclic amines) is 1. The van der Waals surface area contributed by atoms with Gasteiger partial charge in [0.15, 0.2) is 0 Å². The van der Waals surface area contributed by atoms with Gasteiger partial charge < -0.3 is 10.5 Å². The molecule has 0 saturated carbocycles. The van der Waals surface area contributed by atoms with Gasteiger partial charge in [0, 0.05) is 25.3 Å². The minimum absolute atomic E-state index is 0.436. The van der Waals surface area contributed by atoms with E-state index in [2.05, 4.69) is 11.5 Å². The number of ether oxygens (including phenoxy) is 1. The highest BCUT2D eigenvalue weighted by Gasteiger charge is 2.33. The summed E-state index contributed by atoms with van der Waals surface area (Å²) in [5, 5.41) is 0. The Labute approximate surface area is 104 Å². The third kappa shape index (κ3) is 2.99. The van der Waals surface area contributed by atoms with Crippen molar-refractivity contribution in [3.8, 4) is 0 Å². The first-order valence-corrected chi connectivity index (χ1v) is 6.34. The van der Waals surface area contributed by atoms with Crippen molar-refractivity contribution in [1.82, 2.24) is 4.90 Å². The molecule has 0 aromatic rings. The molecule has 3 nitrogen and oxygen atoms in total. The lowest BCUT2D eigenvalue weighted by Crippen LogP contribution is -2.43. The first-order valence-electron chi connectivity index (χ1n) is 6.34. The highest BCUT2D eigenvalue weighted by atomic mass is 16.5. The molecule has 0 amide bonds. The summed E-state index contributed by atoms with van der Waals surface area (Å²) in [4.78, 5) is 2.44. The number of nitrogens with two attached hydrogens (primary N) is 1. The van der Waals surface area contributed by atoms with E-state index in [9.17, 15) is 0 Å². The van der Waals surface area contributed by atoms with Crippen LogP contribution in [0.1, 0.15) is 19.8 Å². The van der Waals surface area contributed by atoms with Crippen molar-refractivity contribution in [2.75, 3.05) is 19.6 Å². The van der Waals surface area contributed by atoms with Gasteiger partial charge in [-0.2, -0.15) is 0 Å². The van der Waals surface area contributed by atoms with Gasteiger partial charge in [-0.05, 0) is 25.3 Å². The topological polar surface area (TPSA) is 38.5 Å². The maximum Gasteiger partial charge on any atom is 0.0707 e. The number of morpholine rings is 1. The third-order valence-electron chi connectivity index (χ3n) is 3.51. The molecule has 3 heteroatoms. The number of hydrogen-bond donors (Lipinski definition) is 1. The van der Waals surface area contributed by atoms with Gasteiger partial charge in [0.25, 0.3) is 0 Å². The summed E-state index contributed by atoms with van der Waals surface area (Å²) in [5.74, 6) is 0. The van der Waals surface area contributed by atoms with E-state index in [-0.39, 0.29) is 0 Å². The van der Waals surface area contributed by atoms with E-state index in [1.807, 2.05) is 19.1 Å². The molecule has 2 atom stereocenters. The Kier molecular flexibility index (Phi) is 4.02. The molecule has 2 saturated heterocycles. The van der Waals surface area contributed by atoms with Crippen molar-refractivity contribution >= 4 is 0 Å². The van der Waals surface area contributed by atoms with Crippen LogP contribution < -0.4 is 5.73 Å². The van der Waals surface area contributed by atoms with Gasteiger partial charge in [0.05, 0.1) is 12.2 Å². The molecule has 0 spiro atoms. The standard InChI is InChI=1S/C14H22N2O/c1-3-5-11(14(15)4-2)8-16-9-12-6-7-13(10-16)17-12/h3-5,12-13H,1,6-10,15H2,2H3/b11-5-,14-4+. The molecule has 0 aromatic carbocycles. The summed E-state index contributed by atoms with van der Waals surface area (Å²) >= 11 is 0. The quantitative estimate of drug-likeness (QED) is 0.754. The highest BCUT2D eigenvalue weighted by molar-refractivity contribution is 5.32. The van der Waals surface area contributed by atoms with Crippen LogP contribution in [0.5, 0.6) is 0 Å². The zero-order valence-corrected chi connectivity index (χ0v) is 10.6. The molecule has 2 rings (SSSR count). The van der Waals surface area contributed by atoms with E-state index >= 15 is 0 Å². The van der Waals surface area contributed by atoms with Crippen LogP contribution in [0.25, 0.3) is 0 Å². The fourth-order valence-electron chi connectivity index (χ4n) is 2.64. The molecule has 94 valence electrons. The van der Waals surface area contributed by atoms with E-state index in [0.29, 0.717) is 12.2 Å². The fourth-order valence-corrected chi connectivity index (χ4v) is 2.64. The minimum Gasteiger partial charge on any atom is -0.399 e. The largest absolute Gasteiger partial charge is 0.399 e.